The maximum Gasteiger partial charge on any atom is 0.119 e. The minimum atomic E-state index is 0.394. The maximum absolute atomic E-state index is 5.82. The van der Waals surface area contributed by atoms with Crippen molar-refractivity contribution in [3.05, 3.63) is 29.8 Å². The highest BCUT2D eigenvalue weighted by Gasteiger charge is 2.23. The van der Waals surface area contributed by atoms with Crippen molar-refractivity contribution in [2.75, 3.05) is 20.3 Å². The van der Waals surface area contributed by atoms with Crippen molar-refractivity contribution >= 4 is 0 Å². The van der Waals surface area contributed by atoms with Crippen LogP contribution in [-0.4, -0.2) is 26.4 Å². The van der Waals surface area contributed by atoms with Crippen LogP contribution in [0.2, 0.25) is 0 Å². The minimum Gasteiger partial charge on any atom is -0.490 e. The molecule has 2 rings (SSSR count). The van der Waals surface area contributed by atoms with E-state index < -0.39 is 0 Å². The Balaban J connectivity index is 1.96. The second-order valence-corrected chi connectivity index (χ2v) is 6.19. The average Bonchev–Trinajstić information content (AvgIpc) is 3.28. The van der Waals surface area contributed by atoms with Crippen LogP contribution in [0.1, 0.15) is 51.1 Å². The van der Waals surface area contributed by atoms with Gasteiger partial charge in [0.05, 0.1) is 6.10 Å². The first kappa shape index (κ1) is 16.3. The molecule has 0 heterocycles. The summed E-state index contributed by atoms with van der Waals surface area (Å²) in [5.41, 5.74) is 1.34. The third-order valence-corrected chi connectivity index (χ3v) is 3.84. The molecule has 1 aromatic carbocycles. The quantitative estimate of drug-likeness (QED) is 0.708. The van der Waals surface area contributed by atoms with Gasteiger partial charge in [-0.2, -0.15) is 0 Å². The van der Waals surface area contributed by atoms with Crippen LogP contribution in [0.5, 0.6) is 5.75 Å². The lowest BCUT2D eigenvalue weighted by Gasteiger charge is -2.22. The number of rotatable bonds is 10. The molecule has 0 saturated heterocycles. The Kier molecular flexibility index (Phi) is 6.52. The summed E-state index contributed by atoms with van der Waals surface area (Å²) in [6, 6.07) is 9.00. The topological polar surface area (TPSA) is 30.5 Å². The van der Waals surface area contributed by atoms with Gasteiger partial charge in [0.2, 0.25) is 0 Å². The van der Waals surface area contributed by atoms with Crippen molar-refractivity contribution in [1.29, 1.82) is 0 Å². The molecule has 2 unspecified atom stereocenters. The third-order valence-electron chi connectivity index (χ3n) is 3.84. The molecule has 21 heavy (non-hydrogen) atoms. The highest BCUT2D eigenvalue weighted by atomic mass is 16.5. The van der Waals surface area contributed by atoms with E-state index in [1.807, 2.05) is 0 Å². The van der Waals surface area contributed by atoms with Crippen molar-refractivity contribution in [2.45, 2.75) is 51.7 Å². The van der Waals surface area contributed by atoms with Gasteiger partial charge >= 0.3 is 0 Å². The highest BCUT2D eigenvalue weighted by molar-refractivity contribution is 5.29. The number of nitrogens with one attached hydrogen (secondary N) is 1. The predicted molar refractivity (Wildman–Crippen MR) is 86.8 cm³/mol. The fourth-order valence-corrected chi connectivity index (χ4v) is 2.57. The SMILES string of the molecule is CCCNC(CC(C)COC)c1ccc(OC2CC2)cc1. The molecule has 1 N–H and O–H groups in total. The van der Waals surface area contributed by atoms with Crippen LogP contribution >= 0.6 is 0 Å². The number of hydrogen-bond donors (Lipinski definition) is 1. The monoisotopic (exact) mass is 291 g/mol. The Labute approximate surface area is 129 Å². The standard InChI is InChI=1S/C18H29NO2/c1-4-11-19-18(12-14(2)13-20-3)15-5-7-16(8-6-15)21-17-9-10-17/h5-8,14,17-19H,4,9-13H2,1-3H3. The van der Waals surface area contributed by atoms with Gasteiger partial charge in [-0.1, -0.05) is 26.0 Å². The van der Waals surface area contributed by atoms with Gasteiger partial charge in [0.15, 0.2) is 0 Å². The normalized spacial score (nSPS) is 17.5. The molecule has 1 saturated carbocycles. The van der Waals surface area contributed by atoms with Crippen LogP contribution in [0.4, 0.5) is 0 Å². The van der Waals surface area contributed by atoms with Crippen molar-refractivity contribution in [3.63, 3.8) is 0 Å². The second-order valence-electron chi connectivity index (χ2n) is 6.19. The zero-order valence-electron chi connectivity index (χ0n) is 13.6. The van der Waals surface area contributed by atoms with Crippen molar-refractivity contribution < 1.29 is 9.47 Å². The Morgan fingerprint density at radius 2 is 1.95 bits per heavy atom. The van der Waals surface area contributed by atoms with Gasteiger partial charge < -0.3 is 14.8 Å². The molecule has 1 aliphatic carbocycles. The lowest BCUT2D eigenvalue weighted by Crippen LogP contribution is -2.25. The molecule has 3 nitrogen and oxygen atoms in total. The molecule has 0 amide bonds. The lowest BCUT2D eigenvalue weighted by atomic mass is 9.96. The first-order valence-electron chi connectivity index (χ1n) is 8.21. The van der Waals surface area contributed by atoms with Gasteiger partial charge in [0.1, 0.15) is 5.75 Å². The fourth-order valence-electron chi connectivity index (χ4n) is 2.57. The highest BCUT2D eigenvalue weighted by Crippen LogP contribution is 2.28. The van der Waals surface area contributed by atoms with Gasteiger partial charge in [-0.3, -0.25) is 0 Å². The average molecular weight is 291 g/mol. The summed E-state index contributed by atoms with van der Waals surface area (Å²) >= 11 is 0. The van der Waals surface area contributed by atoms with E-state index in [9.17, 15) is 0 Å². The van der Waals surface area contributed by atoms with Crippen LogP contribution in [-0.2, 0) is 4.74 Å². The molecule has 0 radical (unpaired) electrons. The molecule has 0 aliphatic heterocycles. The number of methoxy groups -OCH3 is 1. The van der Waals surface area contributed by atoms with Gasteiger partial charge in [-0.25, -0.2) is 0 Å². The first-order valence-corrected chi connectivity index (χ1v) is 8.21. The molecule has 0 spiro atoms. The Bertz CT molecular complexity index is 400. The van der Waals surface area contributed by atoms with Gasteiger partial charge in [-0.15, -0.1) is 0 Å². The largest absolute Gasteiger partial charge is 0.490 e. The number of ether oxygens (including phenoxy) is 2. The Morgan fingerprint density at radius 1 is 1.24 bits per heavy atom. The Morgan fingerprint density at radius 3 is 2.52 bits per heavy atom. The van der Waals surface area contributed by atoms with E-state index in [2.05, 4.69) is 43.4 Å². The summed E-state index contributed by atoms with van der Waals surface area (Å²) in [5, 5.41) is 3.65. The molecule has 0 bridgehead atoms. The number of hydrogen-bond acceptors (Lipinski definition) is 3. The van der Waals surface area contributed by atoms with E-state index in [1.165, 1.54) is 18.4 Å². The lowest BCUT2D eigenvalue weighted by molar-refractivity contribution is 0.149. The van der Waals surface area contributed by atoms with Crippen molar-refractivity contribution in [2.24, 2.45) is 5.92 Å². The smallest absolute Gasteiger partial charge is 0.119 e. The van der Waals surface area contributed by atoms with Crippen LogP contribution in [0.25, 0.3) is 0 Å². The van der Waals surface area contributed by atoms with Crippen LogP contribution in [0.15, 0.2) is 24.3 Å². The molecule has 1 aliphatic rings. The van der Waals surface area contributed by atoms with Gasteiger partial charge in [0, 0.05) is 19.8 Å². The number of benzene rings is 1. The molecule has 1 fully saturated rings. The Hall–Kier alpha value is -1.06. The second kappa shape index (κ2) is 8.40. The zero-order chi connectivity index (χ0) is 15.1. The summed E-state index contributed by atoms with van der Waals surface area (Å²) in [7, 11) is 1.77. The van der Waals surface area contributed by atoms with E-state index in [-0.39, 0.29) is 0 Å². The van der Waals surface area contributed by atoms with Gasteiger partial charge in [-0.05, 0) is 55.8 Å². The van der Waals surface area contributed by atoms with Crippen molar-refractivity contribution in [3.8, 4) is 5.75 Å². The summed E-state index contributed by atoms with van der Waals surface area (Å²) < 4.78 is 11.1. The molecule has 1 aromatic rings. The summed E-state index contributed by atoms with van der Waals surface area (Å²) in [5.74, 6) is 1.55. The first-order chi connectivity index (χ1) is 10.2. The van der Waals surface area contributed by atoms with Crippen LogP contribution < -0.4 is 10.1 Å². The van der Waals surface area contributed by atoms with E-state index in [0.717, 1.165) is 31.7 Å². The molecule has 3 heteroatoms. The predicted octanol–water partition coefficient (Wildman–Crippen LogP) is 3.94. The zero-order valence-corrected chi connectivity index (χ0v) is 13.6. The minimum absolute atomic E-state index is 0.394. The molecule has 2 atom stereocenters. The van der Waals surface area contributed by atoms with E-state index in [4.69, 9.17) is 9.47 Å². The van der Waals surface area contributed by atoms with Crippen LogP contribution in [0, 0.1) is 5.92 Å². The summed E-state index contributed by atoms with van der Waals surface area (Å²) in [6.07, 6.45) is 5.12. The van der Waals surface area contributed by atoms with Gasteiger partial charge in [0.25, 0.3) is 0 Å². The van der Waals surface area contributed by atoms with Crippen molar-refractivity contribution in [1.82, 2.24) is 5.32 Å². The molecule has 118 valence electrons. The van der Waals surface area contributed by atoms with E-state index >= 15 is 0 Å². The summed E-state index contributed by atoms with van der Waals surface area (Å²) in [6.45, 7) is 6.31. The molecule has 0 aromatic heterocycles. The third kappa shape index (κ3) is 5.68. The van der Waals surface area contributed by atoms with E-state index in [0.29, 0.717) is 18.1 Å². The fraction of sp³-hybridized carbons (Fsp3) is 0.667. The summed E-state index contributed by atoms with van der Waals surface area (Å²) in [4.78, 5) is 0. The molecular weight excluding hydrogens is 262 g/mol. The van der Waals surface area contributed by atoms with E-state index in [1.54, 1.807) is 7.11 Å². The molecular formula is C18H29NO2. The maximum atomic E-state index is 5.82. The van der Waals surface area contributed by atoms with Crippen LogP contribution in [0.3, 0.4) is 0 Å².